The summed E-state index contributed by atoms with van der Waals surface area (Å²) in [4.78, 5) is 13.7. The first-order chi connectivity index (χ1) is 6.43. The highest BCUT2D eigenvalue weighted by Crippen LogP contribution is 2.13. The molecule has 76 valence electrons. The second kappa shape index (κ2) is 3.50. The van der Waals surface area contributed by atoms with Crippen LogP contribution in [0.2, 0.25) is 0 Å². The van der Waals surface area contributed by atoms with Gasteiger partial charge in [0, 0.05) is 6.20 Å². The molecule has 1 heterocycles. The molecule has 0 saturated carbocycles. The van der Waals surface area contributed by atoms with Crippen LogP contribution in [0.25, 0.3) is 0 Å². The summed E-state index contributed by atoms with van der Waals surface area (Å²) < 4.78 is 24.2. The van der Waals surface area contributed by atoms with Crippen molar-refractivity contribution in [3.8, 4) is 0 Å². The molecule has 0 aromatic carbocycles. The van der Waals surface area contributed by atoms with Crippen molar-refractivity contribution in [2.24, 2.45) is 5.73 Å². The van der Waals surface area contributed by atoms with Crippen molar-refractivity contribution in [3.05, 3.63) is 18.3 Å². The number of amides is 2. The van der Waals surface area contributed by atoms with E-state index in [0.717, 1.165) is 0 Å². The molecule has 0 radical (unpaired) electrons. The van der Waals surface area contributed by atoms with Gasteiger partial charge in [-0.1, -0.05) is 0 Å². The van der Waals surface area contributed by atoms with Crippen LogP contribution in [-0.4, -0.2) is 19.4 Å². The summed E-state index contributed by atoms with van der Waals surface area (Å²) in [5.41, 5.74) is 9.98. The van der Waals surface area contributed by atoms with Crippen molar-refractivity contribution < 1.29 is 13.2 Å². The zero-order chi connectivity index (χ0) is 10.8. The lowest BCUT2D eigenvalue weighted by molar-refractivity contribution is 0.253. The summed E-state index contributed by atoms with van der Waals surface area (Å²) in [6.45, 7) is 0. The van der Waals surface area contributed by atoms with Gasteiger partial charge in [-0.3, -0.25) is 0 Å². The average molecular weight is 216 g/mol. The number of nitrogens with one attached hydrogen (secondary N) is 1. The van der Waals surface area contributed by atoms with E-state index in [2.05, 4.69) is 10.7 Å². The van der Waals surface area contributed by atoms with Gasteiger partial charge in [-0.05, 0) is 12.1 Å². The van der Waals surface area contributed by atoms with Crippen molar-refractivity contribution in [2.45, 2.75) is 4.90 Å². The molecule has 0 spiro atoms. The van der Waals surface area contributed by atoms with E-state index in [9.17, 15) is 13.2 Å². The van der Waals surface area contributed by atoms with E-state index in [1.807, 2.05) is 0 Å². The maximum atomic E-state index is 11.3. The maximum Gasteiger partial charge on any atom is 0.326 e. The Hall–Kier alpha value is -1.83. The molecule has 8 heteroatoms. The number of rotatable bonds is 2. The number of nitrogens with two attached hydrogens (primary N) is 2. The summed E-state index contributed by atoms with van der Waals surface area (Å²) >= 11 is 0. The summed E-state index contributed by atoms with van der Waals surface area (Å²) in [5, 5.41) is 0. The second-order valence-electron chi connectivity index (χ2n) is 2.36. The Morgan fingerprint density at radius 1 is 1.50 bits per heavy atom. The maximum absolute atomic E-state index is 11.3. The quantitative estimate of drug-likeness (QED) is 0.585. The van der Waals surface area contributed by atoms with E-state index in [4.69, 9.17) is 5.73 Å². The zero-order valence-electron chi connectivity index (χ0n) is 6.97. The van der Waals surface area contributed by atoms with Crippen LogP contribution >= 0.6 is 0 Å². The van der Waals surface area contributed by atoms with Gasteiger partial charge >= 0.3 is 6.03 Å². The van der Waals surface area contributed by atoms with Gasteiger partial charge in [0.15, 0.2) is 0 Å². The van der Waals surface area contributed by atoms with Crippen molar-refractivity contribution >= 4 is 21.9 Å². The summed E-state index contributed by atoms with van der Waals surface area (Å²) in [6.07, 6.45) is 1.33. The molecular weight excluding hydrogens is 208 g/mol. The number of nitrogen functional groups attached to an aromatic ring is 1. The molecule has 0 aliphatic heterocycles. The summed E-state index contributed by atoms with van der Waals surface area (Å²) in [6, 6.07) is 1.42. The van der Waals surface area contributed by atoms with Gasteiger partial charge in [0.05, 0.1) is 0 Å². The van der Waals surface area contributed by atoms with Gasteiger partial charge in [0.2, 0.25) is 0 Å². The number of primary amides is 1. The van der Waals surface area contributed by atoms with E-state index in [-0.39, 0.29) is 10.7 Å². The Bertz CT molecular complexity index is 456. The highest BCUT2D eigenvalue weighted by Gasteiger charge is 2.18. The first-order valence-corrected chi connectivity index (χ1v) is 4.94. The van der Waals surface area contributed by atoms with Gasteiger partial charge in [-0.25, -0.2) is 22.9 Å². The topological polar surface area (TPSA) is 128 Å². The standard InChI is InChI=1S/C6H8N4O3S/c7-5-4(2-1-3-9-5)14(12,13)10-6(8)11/h1-3H,(H2,7,9)(H3,8,10,11). The van der Waals surface area contributed by atoms with Crippen LogP contribution in [0.4, 0.5) is 10.6 Å². The largest absolute Gasteiger partial charge is 0.383 e. The summed E-state index contributed by atoms with van der Waals surface area (Å²) in [7, 11) is -4.00. The fourth-order valence-corrected chi connectivity index (χ4v) is 1.78. The lowest BCUT2D eigenvalue weighted by Gasteiger charge is -2.05. The predicted molar refractivity (Wildman–Crippen MR) is 48.6 cm³/mol. The minimum Gasteiger partial charge on any atom is -0.383 e. The third-order valence-corrected chi connectivity index (χ3v) is 2.72. The first kappa shape index (κ1) is 10.3. The van der Waals surface area contributed by atoms with Gasteiger partial charge in [0.25, 0.3) is 10.0 Å². The first-order valence-electron chi connectivity index (χ1n) is 3.46. The van der Waals surface area contributed by atoms with E-state index in [1.165, 1.54) is 18.3 Å². The van der Waals surface area contributed by atoms with Gasteiger partial charge < -0.3 is 11.5 Å². The van der Waals surface area contributed by atoms with Gasteiger partial charge in [-0.15, -0.1) is 0 Å². The predicted octanol–water partition coefficient (Wildman–Crippen LogP) is -0.979. The van der Waals surface area contributed by atoms with E-state index < -0.39 is 16.1 Å². The molecule has 0 aliphatic carbocycles. The minimum absolute atomic E-state index is 0.193. The highest BCUT2D eigenvalue weighted by molar-refractivity contribution is 7.90. The van der Waals surface area contributed by atoms with Crippen molar-refractivity contribution in [3.63, 3.8) is 0 Å². The monoisotopic (exact) mass is 216 g/mol. The number of hydrogen-bond donors (Lipinski definition) is 3. The number of hydrogen-bond acceptors (Lipinski definition) is 5. The van der Waals surface area contributed by atoms with Crippen LogP contribution in [0.1, 0.15) is 0 Å². The normalized spacial score (nSPS) is 10.9. The van der Waals surface area contributed by atoms with Crippen LogP contribution in [-0.2, 0) is 10.0 Å². The van der Waals surface area contributed by atoms with Crippen LogP contribution in [0.15, 0.2) is 23.2 Å². The third kappa shape index (κ3) is 2.10. The number of sulfonamides is 1. The number of aromatic nitrogens is 1. The number of carbonyl (C=O) groups is 1. The van der Waals surface area contributed by atoms with Crippen LogP contribution in [0.5, 0.6) is 0 Å². The molecular formula is C6H8N4O3S. The SMILES string of the molecule is NC(=O)NS(=O)(=O)c1cccnc1N. The van der Waals surface area contributed by atoms with E-state index in [0.29, 0.717) is 0 Å². The lowest BCUT2D eigenvalue weighted by Crippen LogP contribution is -2.35. The molecule has 0 aliphatic rings. The smallest absolute Gasteiger partial charge is 0.326 e. The Morgan fingerprint density at radius 3 is 2.64 bits per heavy atom. The Morgan fingerprint density at radius 2 is 2.14 bits per heavy atom. The molecule has 1 aromatic heterocycles. The average Bonchev–Trinajstić information content (AvgIpc) is 2.02. The number of carbonyl (C=O) groups excluding carboxylic acids is 1. The Kier molecular flexibility index (Phi) is 2.56. The molecule has 0 fully saturated rings. The Balaban J connectivity index is 3.17. The molecule has 1 aromatic rings. The number of urea groups is 1. The minimum atomic E-state index is -4.00. The second-order valence-corrected chi connectivity index (χ2v) is 4.01. The summed E-state index contributed by atoms with van der Waals surface area (Å²) in [5.74, 6) is -0.193. The highest BCUT2D eigenvalue weighted by atomic mass is 32.2. The zero-order valence-corrected chi connectivity index (χ0v) is 7.78. The van der Waals surface area contributed by atoms with E-state index in [1.54, 1.807) is 4.72 Å². The number of anilines is 1. The van der Waals surface area contributed by atoms with Crippen molar-refractivity contribution in [1.29, 1.82) is 0 Å². The molecule has 5 N–H and O–H groups in total. The van der Waals surface area contributed by atoms with Gasteiger partial charge in [0.1, 0.15) is 10.7 Å². The van der Waals surface area contributed by atoms with Crippen LogP contribution in [0, 0.1) is 0 Å². The molecule has 14 heavy (non-hydrogen) atoms. The molecule has 7 nitrogen and oxygen atoms in total. The molecule has 0 saturated heterocycles. The number of pyridine rings is 1. The molecule has 1 rings (SSSR count). The third-order valence-electron chi connectivity index (χ3n) is 1.32. The fraction of sp³-hybridized carbons (Fsp3) is 0. The van der Waals surface area contributed by atoms with Crippen LogP contribution < -0.4 is 16.2 Å². The molecule has 0 bridgehead atoms. The lowest BCUT2D eigenvalue weighted by atomic mass is 10.5. The van der Waals surface area contributed by atoms with E-state index >= 15 is 0 Å². The molecule has 0 unspecified atom stereocenters. The van der Waals surface area contributed by atoms with Crippen molar-refractivity contribution in [1.82, 2.24) is 9.71 Å². The fourth-order valence-electron chi connectivity index (χ4n) is 0.817. The number of nitrogens with zero attached hydrogens (tertiary/aromatic N) is 1. The molecule has 0 atom stereocenters. The van der Waals surface area contributed by atoms with Crippen LogP contribution in [0.3, 0.4) is 0 Å². The van der Waals surface area contributed by atoms with Gasteiger partial charge in [-0.2, -0.15) is 0 Å². The molecule has 2 amide bonds. The van der Waals surface area contributed by atoms with Crippen molar-refractivity contribution in [2.75, 3.05) is 5.73 Å². The Labute approximate surface area is 80.2 Å².